The summed E-state index contributed by atoms with van der Waals surface area (Å²) in [6.07, 6.45) is 20.7. The van der Waals surface area contributed by atoms with Crippen molar-refractivity contribution in [1.82, 2.24) is 9.97 Å². The van der Waals surface area contributed by atoms with Gasteiger partial charge in [0.2, 0.25) is 0 Å². The maximum atomic E-state index is 12.6. The first kappa shape index (κ1) is 28.1. The Hall–Kier alpha value is -2.43. The number of unbranched alkanes of at least 4 members (excludes halogenated alkanes) is 6. The number of carboxylic acids is 1. The van der Waals surface area contributed by atoms with E-state index in [0.717, 1.165) is 43.6 Å². The van der Waals surface area contributed by atoms with Gasteiger partial charge in [-0.05, 0) is 31.2 Å². The summed E-state index contributed by atoms with van der Waals surface area (Å²) in [4.78, 5) is 21.8. The van der Waals surface area contributed by atoms with Crippen molar-refractivity contribution in [2.24, 2.45) is 5.92 Å². The number of hydrogen-bond acceptors (Lipinski definition) is 4. The van der Waals surface area contributed by atoms with E-state index in [1.807, 2.05) is 37.3 Å². The van der Waals surface area contributed by atoms with Crippen LogP contribution in [0.3, 0.4) is 0 Å². The topological polar surface area (TPSA) is 72.3 Å². The SMILES string of the molecule is CCCCCC(c1ncc(OCCCCCCCC2CCCC2)cn1)[C@](C)(C(=O)O)c1ccccc1. The first-order valence-corrected chi connectivity index (χ1v) is 14.3. The summed E-state index contributed by atoms with van der Waals surface area (Å²) in [5.41, 5.74) is -0.319. The fraction of sp³-hybridized carbons (Fsp3) is 0.645. The van der Waals surface area contributed by atoms with Gasteiger partial charge >= 0.3 is 5.97 Å². The van der Waals surface area contributed by atoms with Crippen molar-refractivity contribution in [3.63, 3.8) is 0 Å². The molecule has 0 amide bonds. The lowest BCUT2D eigenvalue weighted by Gasteiger charge is -2.33. The number of benzene rings is 1. The molecule has 1 saturated carbocycles. The van der Waals surface area contributed by atoms with E-state index >= 15 is 0 Å². The third-order valence-electron chi connectivity index (χ3n) is 8.07. The van der Waals surface area contributed by atoms with E-state index in [9.17, 15) is 9.90 Å². The Morgan fingerprint density at radius 2 is 1.67 bits per heavy atom. The lowest BCUT2D eigenvalue weighted by atomic mass is 9.69. The molecule has 2 aromatic rings. The summed E-state index contributed by atoms with van der Waals surface area (Å²) in [6.45, 7) is 4.63. The lowest BCUT2D eigenvalue weighted by Crippen LogP contribution is -2.39. The zero-order valence-electron chi connectivity index (χ0n) is 22.5. The van der Waals surface area contributed by atoms with Crippen molar-refractivity contribution >= 4 is 5.97 Å². The second-order valence-electron chi connectivity index (χ2n) is 10.8. The normalized spacial score (nSPS) is 16.5. The highest BCUT2D eigenvalue weighted by molar-refractivity contribution is 5.82. The maximum Gasteiger partial charge on any atom is 0.314 e. The predicted molar refractivity (Wildman–Crippen MR) is 145 cm³/mol. The van der Waals surface area contributed by atoms with E-state index in [-0.39, 0.29) is 5.92 Å². The molecule has 2 atom stereocenters. The smallest absolute Gasteiger partial charge is 0.314 e. The van der Waals surface area contributed by atoms with E-state index in [2.05, 4.69) is 16.9 Å². The molecule has 1 aliphatic carbocycles. The molecule has 1 aromatic heterocycles. The zero-order valence-corrected chi connectivity index (χ0v) is 22.5. The van der Waals surface area contributed by atoms with Crippen LogP contribution in [-0.2, 0) is 10.2 Å². The Balaban J connectivity index is 1.52. The van der Waals surface area contributed by atoms with Crippen molar-refractivity contribution in [2.45, 2.75) is 115 Å². The summed E-state index contributed by atoms with van der Waals surface area (Å²) in [6, 6.07) is 9.50. The number of hydrogen-bond donors (Lipinski definition) is 1. The van der Waals surface area contributed by atoms with Crippen LogP contribution in [0.4, 0.5) is 0 Å². The number of carbonyl (C=O) groups is 1. The highest BCUT2D eigenvalue weighted by atomic mass is 16.5. The molecule has 1 aliphatic rings. The van der Waals surface area contributed by atoms with Gasteiger partial charge in [-0.15, -0.1) is 0 Å². The minimum Gasteiger partial charge on any atom is -0.490 e. The summed E-state index contributed by atoms with van der Waals surface area (Å²) >= 11 is 0. The third-order valence-corrected chi connectivity index (χ3v) is 8.07. The van der Waals surface area contributed by atoms with Crippen LogP contribution in [0, 0.1) is 5.92 Å². The Kier molecular flexibility index (Phi) is 11.7. The van der Waals surface area contributed by atoms with Gasteiger partial charge in [0.15, 0.2) is 5.75 Å². The third kappa shape index (κ3) is 8.04. The van der Waals surface area contributed by atoms with Crippen molar-refractivity contribution in [2.75, 3.05) is 6.61 Å². The van der Waals surface area contributed by atoms with E-state index in [0.29, 0.717) is 18.2 Å². The Labute approximate surface area is 218 Å². The first-order valence-electron chi connectivity index (χ1n) is 14.3. The second-order valence-corrected chi connectivity index (χ2v) is 10.8. The Bertz CT molecular complexity index is 880. The fourth-order valence-corrected chi connectivity index (χ4v) is 5.67. The molecule has 1 aromatic carbocycles. The highest BCUT2D eigenvalue weighted by Gasteiger charge is 2.45. The molecule has 1 fully saturated rings. The van der Waals surface area contributed by atoms with Crippen LogP contribution in [0.2, 0.25) is 0 Å². The summed E-state index contributed by atoms with van der Waals surface area (Å²) < 4.78 is 5.90. The van der Waals surface area contributed by atoms with Gasteiger partial charge in [0.25, 0.3) is 0 Å². The Morgan fingerprint density at radius 1 is 1.00 bits per heavy atom. The largest absolute Gasteiger partial charge is 0.490 e. The number of nitrogens with zero attached hydrogens (tertiary/aromatic N) is 2. The number of aliphatic carboxylic acids is 1. The fourth-order valence-electron chi connectivity index (χ4n) is 5.67. The van der Waals surface area contributed by atoms with Crippen LogP contribution in [0.25, 0.3) is 0 Å². The highest BCUT2D eigenvalue weighted by Crippen LogP contribution is 2.41. The zero-order chi connectivity index (χ0) is 25.6. The van der Waals surface area contributed by atoms with Crippen molar-refractivity contribution in [3.05, 3.63) is 54.1 Å². The van der Waals surface area contributed by atoms with E-state index in [4.69, 9.17) is 4.74 Å². The molecule has 0 spiro atoms. The van der Waals surface area contributed by atoms with Crippen LogP contribution >= 0.6 is 0 Å². The van der Waals surface area contributed by atoms with Gasteiger partial charge < -0.3 is 9.84 Å². The molecule has 198 valence electrons. The molecule has 36 heavy (non-hydrogen) atoms. The molecule has 0 radical (unpaired) electrons. The second kappa shape index (κ2) is 15.0. The summed E-state index contributed by atoms with van der Waals surface area (Å²) in [5.74, 6) is 1.08. The predicted octanol–water partition coefficient (Wildman–Crippen LogP) is 8.09. The van der Waals surface area contributed by atoms with Crippen LogP contribution < -0.4 is 4.74 Å². The van der Waals surface area contributed by atoms with Gasteiger partial charge in [-0.2, -0.15) is 0 Å². The average molecular weight is 495 g/mol. The van der Waals surface area contributed by atoms with Crippen LogP contribution in [-0.4, -0.2) is 27.7 Å². The summed E-state index contributed by atoms with van der Waals surface area (Å²) in [7, 11) is 0. The molecule has 3 rings (SSSR count). The number of aromatic nitrogens is 2. The van der Waals surface area contributed by atoms with Gasteiger partial charge in [-0.25, -0.2) is 9.97 Å². The van der Waals surface area contributed by atoms with Crippen molar-refractivity contribution in [3.8, 4) is 5.75 Å². The maximum absolute atomic E-state index is 12.6. The number of rotatable bonds is 17. The molecule has 1 unspecified atom stereocenters. The van der Waals surface area contributed by atoms with Crippen molar-refractivity contribution in [1.29, 1.82) is 0 Å². The van der Waals surface area contributed by atoms with Crippen LogP contribution in [0.5, 0.6) is 5.75 Å². The van der Waals surface area contributed by atoms with E-state index < -0.39 is 11.4 Å². The first-order chi connectivity index (χ1) is 17.6. The number of carboxylic acid groups (broad SMARTS) is 1. The molecule has 1 N–H and O–H groups in total. The van der Waals surface area contributed by atoms with Crippen LogP contribution in [0.15, 0.2) is 42.7 Å². The quantitative estimate of drug-likeness (QED) is 0.225. The average Bonchev–Trinajstić information content (AvgIpc) is 3.42. The molecule has 5 heteroatoms. The van der Waals surface area contributed by atoms with E-state index in [1.165, 1.54) is 57.8 Å². The van der Waals surface area contributed by atoms with Gasteiger partial charge in [0, 0.05) is 5.92 Å². The standard InChI is InChI=1S/C31H46N2O3/c1-3-4-9-21-28(31(2,30(34)35)26-19-11-8-12-20-26)29-32-23-27(24-33-29)36-22-15-7-5-6-10-16-25-17-13-14-18-25/h8,11-12,19-20,23-25,28H,3-7,9-10,13-18,21-22H2,1-2H3,(H,34,35)/t28?,31-/m1/s1. The Morgan fingerprint density at radius 3 is 2.33 bits per heavy atom. The number of ether oxygens (including phenoxy) is 1. The van der Waals surface area contributed by atoms with Crippen LogP contribution in [0.1, 0.15) is 121 Å². The van der Waals surface area contributed by atoms with E-state index in [1.54, 1.807) is 12.4 Å². The molecule has 5 nitrogen and oxygen atoms in total. The minimum absolute atomic E-state index is 0.317. The minimum atomic E-state index is -1.10. The lowest BCUT2D eigenvalue weighted by molar-refractivity contribution is -0.144. The van der Waals surface area contributed by atoms with Gasteiger partial charge in [0.05, 0.1) is 24.4 Å². The molecule has 1 heterocycles. The van der Waals surface area contributed by atoms with Gasteiger partial charge in [-0.3, -0.25) is 4.79 Å². The van der Waals surface area contributed by atoms with Crippen molar-refractivity contribution < 1.29 is 14.6 Å². The molecule has 0 aliphatic heterocycles. The van der Waals surface area contributed by atoms with Gasteiger partial charge in [-0.1, -0.05) is 114 Å². The van der Waals surface area contributed by atoms with Gasteiger partial charge in [0.1, 0.15) is 5.82 Å². The molecule has 0 saturated heterocycles. The monoisotopic (exact) mass is 494 g/mol. The molecular weight excluding hydrogens is 448 g/mol. The molecular formula is C31H46N2O3. The molecule has 0 bridgehead atoms. The summed E-state index contributed by atoms with van der Waals surface area (Å²) in [5, 5.41) is 10.3.